The van der Waals surface area contributed by atoms with Gasteiger partial charge in [0.1, 0.15) is 0 Å². The second-order valence-electron chi connectivity index (χ2n) is 4.91. The highest BCUT2D eigenvalue weighted by Gasteiger charge is 2.31. The Morgan fingerprint density at radius 3 is 2.79 bits per heavy atom. The lowest BCUT2D eigenvalue weighted by Gasteiger charge is -2.17. The molecule has 1 saturated carbocycles. The van der Waals surface area contributed by atoms with Crippen molar-refractivity contribution in [2.24, 2.45) is 5.41 Å². The van der Waals surface area contributed by atoms with E-state index >= 15 is 0 Å². The van der Waals surface area contributed by atoms with Gasteiger partial charge in [0.25, 0.3) is 0 Å². The van der Waals surface area contributed by atoms with Gasteiger partial charge < -0.3 is 10.1 Å². The first-order chi connectivity index (χ1) is 6.53. The summed E-state index contributed by atoms with van der Waals surface area (Å²) in [7, 11) is 1.62. The van der Waals surface area contributed by atoms with Crippen LogP contribution in [0.3, 0.4) is 0 Å². The maximum Gasteiger partial charge on any atom is 0.222 e. The van der Waals surface area contributed by atoms with E-state index in [0.717, 1.165) is 12.8 Å². The fourth-order valence-electron chi connectivity index (χ4n) is 2.05. The summed E-state index contributed by atoms with van der Waals surface area (Å²) in [5.41, 5.74) is 0.402. The van der Waals surface area contributed by atoms with Gasteiger partial charge in [-0.3, -0.25) is 4.79 Å². The van der Waals surface area contributed by atoms with Gasteiger partial charge in [0, 0.05) is 19.6 Å². The number of hydrogen-bond acceptors (Lipinski definition) is 2. The summed E-state index contributed by atoms with van der Waals surface area (Å²) in [6.07, 6.45) is 3.91. The Hall–Kier alpha value is -0.570. The van der Waals surface area contributed by atoms with Crippen molar-refractivity contribution in [1.82, 2.24) is 5.32 Å². The van der Waals surface area contributed by atoms with E-state index in [9.17, 15) is 4.79 Å². The Morgan fingerprint density at radius 1 is 1.57 bits per heavy atom. The number of carbonyl (C=O) groups is 1. The third-order valence-corrected chi connectivity index (χ3v) is 2.87. The summed E-state index contributed by atoms with van der Waals surface area (Å²) < 4.78 is 4.86. The van der Waals surface area contributed by atoms with Crippen LogP contribution in [0.25, 0.3) is 0 Å². The van der Waals surface area contributed by atoms with Crippen LogP contribution in [0.1, 0.15) is 39.5 Å². The van der Waals surface area contributed by atoms with Gasteiger partial charge in [-0.05, 0) is 24.7 Å². The van der Waals surface area contributed by atoms with E-state index in [-0.39, 0.29) is 5.91 Å². The van der Waals surface area contributed by atoms with Gasteiger partial charge in [-0.2, -0.15) is 0 Å². The SMILES string of the molecule is COCCC(=O)NC1CCC(C)(C)C1. The first-order valence-corrected chi connectivity index (χ1v) is 5.32. The van der Waals surface area contributed by atoms with E-state index in [2.05, 4.69) is 19.2 Å². The second-order valence-corrected chi connectivity index (χ2v) is 4.91. The molecular weight excluding hydrogens is 178 g/mol. The maximum atomic E-state index is 11.4. The molecule has 0 radical (unpaired) electrons. The molecular formula is C11H21NO2. The molecule has 0 spiro atoms. The van der Waals surface area contributed by atoms with Crippen molar-refractivity contribution in [2.75, 3.05) is 13.7 Å². The first kappa shape index (κ1) is 11.5. The van der Waals surface area contributed by atoms with Crippen LogP contribution in [-0.4, -0.2) is 25.7 Å². The quantitative estimate of drug-likeness (QED) is 0.748. The molecule has 0 aromatic rings. The number of rotatable bonds is 4. The fraction of sp³-hybridized carbons (Fsp3) is 0.909. The van der Waals surface area contributed by atoms with Crippen LogP contribution in [0.2, 0.25) is 0 Å². The summed E-state index contributed by atoms with van der Waals surface area (Å²) in [6.45, 7) is 5.03. The predicted octanol–water partition coefficient (Wildman–Crippen LogP) is 1.72. The number of methoxy groups -OCH3 is 1. The third-order valence-electron chi connectivity index (χ3n) is 2.87. The average Bonchev–Trinajstić information content (AvgIpc) is 2.42. The van der Waals surface area contributed by atoms with Gasteiger partial charge in [-0.25, -0.2) is 0 Å². The van der Waals surface area contributed by atoms with Crippen LogP contribution < -0.4 is 5.32 Å². The Balaban J connectivity index is 2.22. The van der Waals surface area contributed by atoms with Crippen molar-refractivity contribution in [3.8, 4) is 0 Å². The van der Waals surface area contributed by atoms with Crippen molar-refractivity contribution >= 4 is 5.91 Å². The lowest BCUT2D eigenvalue weighted by molar-refractivity contribution is -0.122. The van der Waals surface area contributed by atoms with Gasteiger partial charge in [-0.15, -0.1) is 0 Å². The minimum atomic E-state index is 0.120. The molecule has 3 heteroatoms. The molecule has 0 aromatic heterocycles. The molecule has 1 atom stereocenters. The minimum absolute atomic E-state index is 0.120. The second kappa shape index (κ2) is 4.78. The number of ether oxygens (including phenoxy) is 1. The van der Waals surface area contributed by atoms with Gasteiger partial charge in [0.2, 0.25) is 5.91 Å². The lowest BCUT2D eigenvalue weighted by Crippen LogP contribution is -2.33. The first-order valence-electron chi connectivity index (χ1n) is 5.32. The zero-order chi connectivity index (χ0) is 10.6. The van der Waals surface area contributed by atoms with Crippen LogP contribution in [-0.2, 0) is 9.53 Å². The lowest BCUT2D eigenvalue weighted by atomic mass is 9.92. The van der Waals surface area contributed by atoms with Crippen molar-refractivity contribution in [1.29, 1.82) is 0 Å². The zero-order valence-electron chi connectivity index (χ0n) is 9.43. The maximum absolute atomic E-state index is 11.4. The van der Waals surface area contributed by atoms with Crippen molar-refractivity contribution in [3.05, 3.63) is 0 Å². The zero-order valence-corrected chi connectivity index (χ0v) is 9.43. The van der Waals surface area contributed by atoms with Crippen LogP contribution in [0, 0.1) is 5.41 Å². The molecule has 1 fully saturated rings. The molecule has 0 saturated heterocycles. The Bertz CT molecular complexity index is 201. The normalized spacial score (nSPS) is 24.9. The fourth-order valence-corrected chi connectivity index (χ4v) is 2.05. The van der Waals surface area contributed by atoms with E-state index < -0.39 is 0 Å². The molecule has 1 aliphatic rings. The molecule has 1 rings (SSSR count). The molecule has 1 N–H and O–H groups in total. The summed E-state index contributed by atoms with van der Waals surface area (Å²) >= 11 is 0. The molecule has 0 bridgehead atoms. The van der Waals surface area contributed by atoms with Crippen molar-refractivity contribution < 1.29 is 9.53 Å². The Kier molecular flexibility index (Phi) is 3.93. The number of hydrogen-bond donors (Lipinski definition) is 1. The van der Waals surface area contributed by atoms with Crippen LogP contribution >= 0.6 is 0 Å². The van der Waals surface area contributed by atoms with Crippen molar-refractivity contribution in [3.63, 3.8) is 0 Å². The van der Waals surface area contributed by atoms with E-state index in [0.29, 0.717) is 24.5 Å². The van der Waals surface area contributed by atoms with E-state index in [4.69, 9.17) is 4.74 Å². The van der Waals surface area contributed by atoms with E-state index in [1.165, 1.54) is 6.42 Å². The van der Waals surface area contributed by atoms with Gasteiger partial charge in [-0.1, -0.05) is 13.8 Å². The molecule has 0 aromatic carbocycles. The molecule has 0 aliphatic heterocycles. The van der Waals surface area contributed by atoms with E-state index in [1.807, 2.05) is 0 Å². The monoisotopic (exact) mass is 199 g/mol. The van der Waals surface area contributed by atoms with Gasteiger partial charge in [0.15, 0.2) is 0 Å². The third kappa shape index (κ3) is 3.66. The van der Waals surface area contributed by atoms with Crippen LogP contribution in [0.5, 0.6) is 0 Å². The predicted molar refractivity (Wildman–Crippen MR) is 56.1 cm³/mol. The van der Waals surface area contributed by atoms with Crippen LogP contribution in [0.15, 0.2) is 0 Å². The molecule has 14 heavy (non-hydrogen) atoms. The Morgan fingerprint density at radius 2 is 2.29 bits per heavy atom. The standard InChI is InChI=1S/C11H21NO2/c1-11(2)6-4-9(8-11)12-10(13)5-7-14-3/h9H,4-8H2,1-3H3,(H,12,13). The molecule has 1 amide bonds. The molecule has 1 unspecified atom stereocenters. The Labute approximate surface area is 86.2 Å². The number of amides is 1. The highest BCUT2D eigenvalue weighted by Crippen LogP contribution is 2.36. The topological polar surface area (TPSA) is 38.3 Å². The smallest absolute Gasteiger partial charge is 0.222 e. The molecule has 0 heterocycles. The van der Waals surface area contributed by atoms with Crippen molar-refractivity contribution in [2.45, 2.75) is 45.6 Å². The van der Waals surface area contributed by atoms with E-state index in [1.54, 1.807) is 7.11 Å². The summed E-state index contributed by atoms with van der Waals surface area (Å²) in [5, 5.41) is 3.05. The van der Waals surface area contributed by atoms with Gasteiger partial charge in [0.05, 0.1) is 6.61 Å². The highest BCUT2D eigenvalue weighted by atomic mass is 16.5. The summed E-state index contributed by atoms with van der Waals surface area (Å²) in [5.74, 6) is 0.120. The number of carbonyl (C=O) groups excluding carboxylic acids is 1. The molecule has 3 nitrogen and oxygen atoms in total. The summed E-state index contributed by atoms with van der Waals surface area (Å²) in [4.78, 5) is 11.4. The minimum Gasteiger partial charge on any atom is -0.384 e. The van der Waals surface area contributed by atoms with Crippen LogP contribution in [0.4, 0.5) is 0 Å². The largest absolute Gasteiger partial charge is 0.384 e. The van der Waals surface area contributed by atoms with Gasteiger partial charge >= 0.3 is 0 Å². The highest BCUT2D eigenvalue weighted by molar-refractivity contribution is 5.76. The average molecular weight is 199 g/mol. The number of nitrogens with one attached hydrogen (secondary N) is 1. The molecule has 82 valence electrons. The molecule has 1 aliphatic carbocycles. The summed E-state index contributed by atoms with van der Waals surface area (Å²) in [6, 6.07) is 0.384.